The van der Waals surface area contributed by atoms with Gasteiger partial charge < -0.3 is 11.1 Å². The Balaban J connectivity index is 2.08. The van der Waals surface area contributed by atoms with Crippen molar-refractivity contribution in [1.82, 2.24) is 5.32 Å². The quantitative estimate of drug-likeness (QED) is 0.719. The highest BCUT2D eigenvalue weighted by atomic mass is 127. The molecule has 0 aromatic heterocycles. The Bertz CT molecular complexity index is 672. The van der Waals surface area contributed by atoms with E-state index in [4.69, 9.17) is 17.3 Å². The summed E-state index contributed by atoms with van der Waals surface area (Å²) in [5, 5.41) is 3.20. The van der Waals surface area contributed by atoms with Crippen LogP contribution in [0.4, 0.5) is 0 Å². The molecular weight excluding hydrogens is 415 g/mol. The molecule has 0 saturated heterocycles. The number of hydrogen-bond donors (Lipinski definition) is 2. The summed E-state index contributed by atoms with van der Waals surface area (Å²) < 4.78 is 1.10. The van der Waals surface area contributed by atoms with E-state index in [0.29, 0.717) is 17.0 Å². The van der Waals surface area contributed by atoms with Crippen LogP contribution in [0.15, 0.2) is 48.5 Å². The van der Waals surface area contributed by atoms with Gasteiger partial charge in [0.05, 0.1) is 0 Å². The third kappa shape index (κ3) is 4.71. The van der Waals surface area contributed by atoms with Crippen LogP contribution in [0, 0.1) is 3.57 Å². The molecule has 4 nitrogen and oxygen atoms in total. The number of hydrogen-bond acceptors (Lipinski definition) is 2. The molecule has 2 amide bonds. The van der Waals surface area contributed by atoms with Gasteiger partial charge in [0.25, 0.3) is 5.91 Å². The van der Waals surface area contributed by atoms with Crippen molar-refractivity contribution in [2.24, 2.45) is 5.73 Å². The van der Waals surface area contributed by atoms with Gasteiger partial charge in [-0.25, -0.2) is 0 Å². The molecule has 0 radical (unpaired) electrons. The second kappa shape index (κ2) is 7.60. The maximum atomic E-state index is 12.2. The third-order valence-corrected chi connectivity index (χ3v) is 4.08. The molecule has 0 aliphatic rings. The summed E-state index contributed by atoms with van der Waals surface area (Å²) in [7, 11) is 0. The Labute approximate surface area is 147 Å². The molecule has 2 aromatic carbocycles. The van der Waals surface area contributed by atoms with E-state index in [0.717, 1.165) is 9.13 Å². The van der Waals surface area contributed by atoms with Crippen LogP contribution in [0.2, 0.25) is 5.02 Å². The smallest absolute Gasteiger partial charge is 0.251 e. The van der Waals surface area contributed by atoms with Crippen molar-refractivity contribution in [1.29, 1.82) is 0 Å². The molecule has 0 saturated carbocycles. The molecule has 0 spiro atoms. The molecule has 114 valence electrons. The number of nitrogens with one attached hydrogen (secondary N) is 1. The van der Waals surface area contributed by atoms with E-state index in [-0.39, 0.29) is 5.91 Å². The standard InChI is InChI=1S/C16H14ClIN2O2/c17-12-5-3-11(4-6-12)16(22)20-14(15(19)21)9-10-1-7-13(18)8-2-10/h1-8,14H,9H2,(H2,19,21)(H,20,22)/t14-/m0/s1. The first-order chi connectivity index (χ1) is 10.5. The molecule has 0 bridgehead atoms. The fourth-order valence-electron chi connectivity index (χ4n) is 1.92. The Morgan fingerprint density at radius 1 is 1.09 bits per heavy atom. The number of rotatable bonds is 5. The van der Waals surface area contributed by atoms with E-state index in [1.165, 1.54) is 0 Å². The Morgan fingerprint density at radius 2 is 1.68 bits per heavy atom. The van der Waals surface area contributed by atoms with Crippen molar-refractivity contribution >= 4 is 46.0 Å². The van der Waals surface area contributed by atoms with Gasteiger partial charge in [0.1, 0.15) is 6.04 Å². The highest BCUT2D eigenvalue weighted by molar-refractivity contribution is 14.1. The monoisotopic (exact) mass is 428 g/mol. The minimum absolute atomic E-state index is 0.353. The van der Waals surface area contributed by atoms with E-state index in [9.17, 15) is 9.59 Å². The van der Waals surface area contributed by atoms with E-state index in [2.05, 4.69) is 27.9 Å². The van der Waals surface area contributed by atoms with Gasteiger partial charge >= 0.3 is 0 Å². The van der Waals surface area contributed by atoms with Gasteiger partial charge in [0.2, 0.25) is 5.91 Å². The normalized spacial score (nSPS) is 11.7. The van der Waals surface area contributed by atoms with Crippen molar-refractivity contribution in [3.63, 3.8) is 0 Å². The van der Waals surface area contributed by atoms with Crippen molar-refractivity contribution in [3.8, 4) is 0 Å². The molecule has 0 unspecified atom stereocenters. The van der Waals surface area contributed by atoms with E-state index >= 15 is 0 Å². The summed E-state index contributed by atoms with van der Waals surface area (Å²) in [6.07, 6.45) is 0.353. The van der Waals surface area contributed by atoms with Gasteiger partial charge in [0, 0.05) is 20.6 Å². The average molecular weight is 429 g/mol. The summed E-state index contributed by atoms with van der Waals surface area (Å²) in [6.45, 7) is 0. The predicted molar refractivity (Wildman–Crippen MR) is 94.8 cm³/mol. The summed E-state index contributed by atoms with van der Waals surface area (Å²) >= 11 is 7.99. The van der Waals surface area contributed by atoms with Gasteiger partial charge in [-0.2, -0.15) is 0 Å². The lowest BCUT2D eigenvalue weighted by Gasteiger charge is -2.15. The van der Waals surface area contributed by atoms with Crippen LogP contribution in [0.3, 0.4) is 0 Å². The topological polar surface area (TPSA) is 72.2 Å². The summed E-state index contributed by atoms with van der Waals surface area (Å²) in [5.41, 5.74) is 6.75. The Kier molecular flexibility index (Phi) is 5.79. The highest BCUT2D eigenvalue weighted by Crippen LogP contribution is 2.11. The lowest BCUT2D eigenvalue weighted by molar-refractivity contribution is -0.119. The minimum atomic E-state index is -0.761. The second-order valence-corrected chi connectivity index (χ2v) is 6.45. The lowest BCUT2D eigenvalue weighted by atomic mass is 10.0. The van der Waals surface area contributed by atoms with Crippen molar-refractivity contribution in [2.45, 2.75) is 12.5 Å². The van der Waals surface area contributed by atoms with Crippen molar-refractivity contribution in [3.05, 3.63) is 68.3 Å². The summed E-state index contributed by atoms with van der Waals surface area (Å²) in [5.74, 6) is -0.924. The molecule has 0 aliphatic heterocycles. The molecule has 1 atom stereocenters. The molecular formula is C16H14ClIN2O2. The van der Waals surface area contributed by atoms with E-state index in [1.807, 2.05) is 24.3 Å². The number of amides is 2. The third-order valence-electron chi connectivity index (χ3n) is 3.11. The zero-order chi connectivity index (χ0) is 16.1. The Morgan fingerprint density at radius 3 is 2.23 bits per heavy atom. The molecule has 0 fully saturated rings. The first-order valence-corrected chi connectivity index (χ1v) is 8.01. The maximum Gasteiger partial charge on any atom is 0.251 e. The van der Waals surface area contributed by atoms with Crippen molar-refractivity contribution in [2.75, 3.05) is 0 Å². The SMILES string of the molecule is NC(=O)[C@H](Cc1ccc(I)cc1)NC(=O)c1ccc(Cl)cc1. The number of halogens is 2. The van der Waals surface area contributed by atoms with Crippen LogP contribution in [0.1, 0.15) is 15.9 Å². The summed E-state index contributed by atoms with van der Waals surface area (Å²) in [4.78, 5) is 23.7. The van der Waals surface area contributed by atoms with Crippen LogP contribution in [0.5, 0.6) is 0 Å². The maximum absolute atomic E-state index is 12.2. The number of primary amides is 1. The van der Waals surface area contributed by atoms with Crippen LogP contribution in [0.25, 0.3) is 0 Å². The number of carbonyl (C=O) groups excluding carboxylic acids is 2. The fourth-order valence-corrected chi connectivity index (χ4v) is 2.41. The number of benzene rings is 2. The first kappa shape index (κ1) is 16.8. The molecule has 0 aliphatic carbocycles. The highest BCUT2D eigenvalue weighted by Gasteiger charge is 2.19. The molecule has 2 aromatic rings. The molecule has 3 N–H and O–H groups in total. The largest absolute Gasteiger partial charge is 0.368 e. The van der Waals surface area contributed by atoms with E-state index in [1.54, 1.807) is 24.3 Å². The second-order valence-electron chi connectivity index (χ2n) is 4.77. The van der Waals surface area contributed by atoms with Gasteiger partial charge in [0.15, 0.2) is 0 Å². The summed E-state index contributed by atoms with van der Waals surface area (Å²) in [6, 6.07) is 13.4. The fraction of sp³-hybridized carbons (Fsp3) is 0.125. The van der Waals surface area contributed by atoms with Gasteiger partial charge in [-0.3, -0.25) is 9.59 Å². The minimum Gasteiger partial charge on any atom is -0.368 e. The number of nitrogens with two attached hydrogens (primary N) is 1. The molecule has 0 heterocycles. The first-order valence-electron chi connectivity index (χ1n) is 6.56. The lowest BCUT2D eigenvalue weighted by Crippen LogP contribution is -2.45. The van der Waals surface area contributed by atoms with Gasteiger partial charge in [-0.05, 0) is 64.6 Å². The zero-order valence-electron chi connectivity index (χ0n) is 11.6. The predicted octanol–water partition coefficient (Wildman–Crippen LogP) is 2.77. The molecule has 2 rings (SSSR count). The van der Waals surface area contributed by atoms with Gasteiger partial charge in [-0.1, -0.05) is 23.7 Å². The molecule has 22 heavy (non-hydrogen) atoms. The van der Waals surface area contributed by atoms with Crippen LogP contribution < -0.4 is 11.1 Å². The van der Waals surface area contributed by atoms with Crippen molar-refractivity contribution < 1.29 is 9.59 Å². The average Bonchev–Trinajstić information content (AvgIpc) is 2.49. The van der Waals surface area contributed by atoms with Crippen LogP contribution in [-0.2, 0) is 11.2 Å². The van der Waals surface area contributed by atoms with Crippen LogP contribution in [-0.4, -0.2) is 17.9 Å². The van der Waals surface area contributed by atoms with E-state index < -0.39 is 11.9 Å². The zero-order valence-corrected chi connectivity index (χ0v) is 14.5. The molecule has 6 heteroatoms. The number of carbonyl (C=O) groups is 2. The van der Waals surface area contributed by atoms with Crippen LogP contribution >= 0.6 is 34.2 Å². The Hall–Kier alpha value is -1.60. The van der Waals surface area contributed by atoms with Gasteiger partial charge in [-0.15, -0.1) is 0 Å².